The van der Waals surface area contributed by atoms with Crippen molar-refractivity contribution in [3.8, 4) is 0 Å². The molecular weight excluding hydrogens is 286 g/mol. The molecule has 0 aliphatic rings. The lowest BCUT2D eigenvalue weighted by atomic mass is 10.1. The summed E-state index contributed by atoms with van der Waals surface area (Å²) < 4.78 is 0. The van der Waals surface area contributed by atoms with Crippen LogP contribution in [0.5, 0.6) is 0 Å². The minimum absolute atomic E-state index is 0.239. The predicted molar refractivity (Wildman–Crippen MR) is 89.8 cm³/mol. The van der Waals surface area contributed by atoms with Crippen LogP contribution in [-0.4, -0.2) is 25.5 Å². The number of rotatable bonds is 10. The van der Waals surface area contributed by atoms with Gasteiger partial charge < -0.3 is 16.0 Å². The number of nitrogens with two attached hydrogens (primary N) is 1. The summed E-state index contributed by atoms with van der Waals surface area (Å²) in [6, 6.07) is 5.80. The third kappa shape index (κ3) is 6.36. The molecule has 0 saturated heterocycles. The molecule has 4 nitrogen and oxygen atoms in total. The number of hydrogen-bond donors (Lipinski definition) is 2. The van der Waals surface area contributed by atoms with Gasteiger partial charge in [0.15, 0.2) is 0 Å². The Labute approximate surface area is 132 Å². The number of carbonyl (C=O) groups is 1. The molecule has 5 heteroatoms. The van der Waals surface area contributed by atoms with E-state index in [1.807, 2.05) is 23.1 Å². The number of carbonyl (C=O) groups excluding carboxylic acids is 1. The summed E-state index contributed by atoms with van der Waals surface area (Å²) in [6.45, 7) is 7.02. The summed E-state index contributed by atoms with van der Waals surface area (Å²) in [4.78, 5) is 13.4. The maximum Gasteiger partial charge on any atom is 0.236 e. The van der Waals surface area contributed by atoms with E-state index in [-0.39, 0.29) is 12.5 Å². The van der Waals surface area contributed by atoms with Gasteiger partial charge in [0.1, 0.15) is 0 Å². The number of benzene rings is 1. The van der Waals surface area contributed by atoms with Gasteiger partial charge in [-0.3, -0.25) is 4.79 Å². The van der Waals surface area contributed by atoms with E-state index in [1.165, 1.54) is 0 Å². The van der Waals surface area contributed by atoms with Crippen LogP contribution in [0.25, 0.3) is 0 Å². The molecule has 0 aliphatic heterocycles. The molecule has 1 aromatic carbocycles. The number of nitrogens with zero attached hydrogens (tertiary/aromatic N) is 1. The van der Waals surface area contributed by atoms with Crippen molar-refractivity contribution in [3.05, 3.63) is 28.8 Å². The lowest BCUT2D eigenvalue weighted by Crippen LogP contribution is -2.35. The zero-order chi connectivity index (χ0) is 15.7. The van der Waals surface area contributed by atoms with Crippen molar-refractivity contribution in [2.24, 2.45) is 5.73 Å². The fourth-order valence-corrected chi connectivity index (χ4v) is 2.42. The first-order valence-corrected chi connectivity index (χ1v) is 7.98. The SMILES string of the molecule is CCCCN(CC(N)=O)c1ccc(Cl)cc1CNCCC. The molecule has 0 aromatic heterocycles. The summed E-state index contributed by atoms with van der Waals surface area (Å²) in [5, 5.41) is 4.09. The first kappa shape index (κ1) is 17.8. The van der Waals surface area contributed by atoms with Crippen molar-refractivity contribution >= 4 is 23.2 Å². The van der Waals surface area contributed by atoms with Crippen LogP contribution in [-0.2, 0) is 11.3 Å². The Morgan fingerprint density at radius 3 is 2.71 bits per heavy atom. The number of unbranched alkanes of at least 4 members (excludes halogenated alkanes) is 1. The van der Waals surface area contributed by atoms with Crippen LogP contribution in [0.2, 0.25) is 5.02 Å². The van der Waals surface area contributed by atoms with Gasteiger partial charge >= 0.3 is 0 Å². The largest absolute Gasteiger partial charge is 0.368 e. The van der Waals surface area contributed by atoms with Crippen molar-refractivity contribution in [2.45, 2.75) is 39.7 Å². The van der Waals surface area contributed by atoms with Gasteiger partial charge in [0, 0.05) is 23.8 Å². The Hall–Kier alpha value is -1.26. The van der Waals surface area contributed by atoms with Gasteiger partial charge in [-0.2, -0.15) is 0 Å². The average molecular weight is 312 g/mol. The zero-order valence-corrected chi connectivity index (χ0v) is 13.7. The number of nitrogens with one attached hydrogen (secondary N) is 1. The first-order valence-electron chi connectivity index (χ1n) is 7.60. The van der Waals surface area contributed by atoms with Crippen LogP contribution in [0.15, 0.2) is 18.2 Å². The molecule has 0 atom stereocenters. The van der Waals surface area contributed by atoms with Gasteiger partial charge in [-0.15, -0.1) is 0 Å². The highest BCUT2D eigenvalue weighted by atomic mass is 35.5. The summed E-state index contributed by atoms with van der Waals surface area (Å²) >= 11 is 6.11. The quantitative estimate of drug-likeness (QED) is 0.653. The van der Waals surface area contributed by atoms with Crippen molar-refractivity contribution in [1.82, 2.24) is 5.32 Å². The summed E-state index contributed by atoms with van der Waals surface area (Å²) in [6.07, 6.45) is 3.18. The summed E-state index contributed by atoms with van der Waals surface area (Å²) in [7, 11) is 0. The number of amides is 1. The molecule has 0 unspecified atom stereocenters. The van der Waals surface area contributed by atoms with Crippen LogP contribution in [0.4, 0.5) is 5.69 Å². The van der Waals surface area contributed by atoms with E-state index >= 15 is 0 Å². The highest BCUT2D eigenvalue weighted by Gasteiger charge is 2.13. The van der Waals surface area contributed by atoms with Crippen molar-refractivity contribution in [1.29, 1.82) is 0 Å². The number of anilines is 1. The van der Waals surface area contributed by atoms with E-state index in [0.717, 1.165) is 50.1 Å². The molecule has 1 amide bonds. The molecule has 0 bridgehead atoms. The second kappa shape index (κ2) is 9.64. The van der Waals surface area contributed by atoms with Crippen molar-refractivity contribution in [2.75, 3.05) is 24.5 Å². The minimum atomic E-state index is -0.312. The van der Waals surface area contributed by atoms with Crippen LogP contribution >= 0.6 is 11.6 Å². The first-order chi connectivity index (χ1) is 10.1. The lowest BCUT2D eigenvalue weighted by molar-refractivity contribution is -0.116. The summed E-state index contributed by atoms with van der Waals surface area (Å²) in [5.41, 5.74) is 7.52. The van der Waals surface area contributed by atoms with E-state index in [4.69, 9.17) is 17.3 Å². The van der Waals surface area contributed by atoms with Gasteiger partial charge in [-0.05, 0) is 43.1 Å². The molecule has 21 heavy (non-hydrogen) atoms. The van der Waals surface area contributed by atoms with Crippen molar-refractivity contribution in [3.63, 3.8) is 0 Å². The Kier molecular flexibility index (Phi) is 8.16. The summed E-state index contributed by atoms with van der Waals surface area (Å²) in [5.74, 6) is -0.312. The van der Waals surface area contributed by atoms with E-state index in [1.54, 1.807) is 0 Å². The molecule has 118 valence electrons. The minimum Gasteiger partial charge on any atom is -0.368 e. The normalized spacial score (nSPS) is 10.6. The molecule has 3 N–H and O–H groups in total. The van der Waals surface area contributed by atoms with Gasteiger partial charge in [-0.1, -0.05) is 31.9 Å². The van der Waals surface area contributed by atoms with Crippen LogP contribution in [0.1, 0.15) is 38.7 Å². The van der Waals surface area contributed by atoms with Gasteiger partial charge in [0.05, 0.1) is 6.54 Å². The highest BCUT2D eigenvalue weighted by molar-refractivity contribution is 6.30. The number of hydrogen-bond acceptors (Lipinski definition) is 3. The number of halogens is 1. The Bertz CT molecular complexity index is 451. The molecule has 0 spiro atoms. The van der Waals surface area contributed by atoms with E-state index in [9.17, 15) is 4.79 Å². The highest BCUT2D eigenvalue weighted by Crippen LogP contribution is 2.25. The Morgan fingerprint density at radius 1 is 1.33 bits per heavy atom. The fourth-order valence-electron chi connectivity index (χ4n) is 2.23. The predicted octanol–water partition coefficient (Wildman–Crippen LogP) is 2.93. The van der Waals surface area contributed by atoms with E-state index < -0.39 is 0 Å². The molecule has 0 saturated carbocycles. The second-order valence-electron chi connectivity index (χ2n) is 5.19. The molecule has 0 aliphatic carbocycles. The maximum absolute atomic E-state index is 11.3. The molecule has 1 rings (SSSR count). The third-order valence-corrected chi connectivity index (χ3v) is 3.49. The second-order valence-corrected chi connectivity index (χ2v) is 5.63. The van der Waals surface area contributed by atoms with Gasteiger partial charge in [0.2, 0.25) is 5.91 Å². The van der Waals surface area contributed by atoms with Crippen LogP contribution in [0.3, 0.4) is 0 Å². The van der Waals surface area contributed by atoms with Crippen LogP contribution < -0.4 is 16.0 Å². The van der Waals surface area contributed by atoms with Gasteiger partial charge in [-0.25, -0.2) is 0 Å². The zero-order valence-electron chi connectivity index (χ0n) is 13.0. The Balaban J connectivity index is 2.95. The molecule has 0 radical (unpaired) electrons. The van der Waals surface area contributed by atoms with Crippen molar-refractivity contribution < 1.29 is 4.79 Å². The molecule has 0 fully saturated rings. The Morgan fingerprint density at radius 2 is 2.10 bits per heavy atom. The molecular formula is C16H26ClN3O. The lowest BCUT2D eigenvalue weighted by Gasteiger charge is -2.26. The van der Waals surface area contributed by atoms with E-state index in [2.05, 4.69) is 19.2 Å². The van der Waals surface area contributed by atoms with E-state index in [0.29, 0.717) is 5.02 Å². The fraction of sp³-hybridized carbons (Fsp3) is 0.562. The average Bonchev–Trinajstić information content (AvgIpc) is 2.44. The third-order valence-electron chi connectivity index (χ3n) is 3.25. The smallest absolute Gasteiger partial charge is 0.236 e. The van der Waals surface area contributed by atoms with Gasteiger partial charge in [0.25, 0.3) is 0 Å². The van der Waals surface area contributed by atoms with Crippen LogP contribution in [0, 0.1) is 0 Å². The molecule has 0 heterocycles. The monoisotopic (exact) mass is 311 g/mol. The topological polar surface area (TPSA) is 58.4 Å². The number of primary amides is 1. The maximum atomic E-state index is 11.3. The standard InChI is InChI=1S/C16H26ClN3O/c1-3-5-9-20(12-16(18)21)15-7-6-14(17)10-13(15)11-19-8-4-2/h6-7,10,19H,3-5,8-9,11-12H2,1-2H3,(H2,18,21). The molecule has 1 aromatic rings.